The van der Waals surface area contributed by atoms with Crippen molar-refractivity contribution in [1.29, 1.82) is 0 Å². The highest BCUT2D eigenvalue weighted by molar-refractivity contribution is 5.61. The lowest BCUT2D eigenvalue weighted by molar-refractivity contribution is 0.318. The van der Waals surface area contributed by atoms with Gasteiger partial charge in [0.05, 0.1) is 11.8 Å². The Hall–Kier alpha value is -3.32. The lowest BCUT2D eigenvalue weighted by Crippen LogP contribution is -2.23. The molecule has 0 saturated carbocycles. The molecule has 2 aromatic heterocycles. The topological polar surface area (TPSA) is 66.3 Å². The van der Waals surface area contributed by atoms with Crippen LogP contribution >= 0.6 is 0 Å². The molecule has 4 aromatic rings. The standard InChI is InChI=1S/C23H22FN5O/c1-15-12-28(13-16-7-3-2-4-8-16)14-18(15)21-26-23(30)20-11-25-22(29(20)27-21)17-9-5-6-10-19(17)24/h2-11,15,18H,12-14H2,1H3,(H,26,27,30). The molecule has 1 aliphatic rings. The van der Waals surface area contributed by atoms with Crippen molar-refractivity contribution in [3.8, 4) is 11.4 Å². The summed E-state index contributed by atoms with van der Waals surface area (Å²) in [5, 5.41) is 4.69. The molecule has 152 valence electrons. The van der Waals surface area contributed by atoms with Crippen LogP contribution in [0.3, 0.4) is 0 Å². The lowest BCUT2D eigenvalue weighted by atomic mass is 9.97. The van der Waals surface area contributed by atoms with Gasteiger partial charge in [0.1, 0.15) is 11.6 Å². The predicted octanol–water partition coefficient (Wildman–Crippen LogP) is 3.46. The Morgan fingerprint density at radius 3 is 2.67 bits per heavy atom. The van der Waals surface area contributed by atoms with Crippen molar-refractivity contribution in [1.82, 2.24) is 24.5 Å². The maximum absolute atomic E-state index is 14.3. The minimum Gasteiger partial charge on any atom is -0.307 e. The van der Waals surface area contributed by atoms with Crippen molar-refractivity contribution in [3.05, 3.63) is 88.4 Å². The highest BCUT2D eigenvalue weighted by Crippen LogP contribution is 2.31. The van der Waals surface area contributed by atoms with E-state index in [1.165, 1.54) is 22.3 Å². The number of H-pyrrole nitrogens is 1. The van der Waals surface area contributed by atoms with Crippen molar-refractivity contribution in [2.24, 2.45) is 5.92 Å². The SMILES string of the molecule is CC1CN(Cc2ccccc2)CC1c1nn2c(-c3ccccc3F)ncc2c(=O)[nH]1. The van der Waals surface area contributed by atoms with E-state index in [1.54, 1.807) is 18.2 Å². The summed E-state index contributed by atoms with van der Waals surface area (Å²) in [6, 6.07) is 16.7. The van der Waals surface area contributed by atoms with Crippen molar-refractivity contribution in [3.63, 3.8) is 0 Å². The van der Waals surface area contributed by atoms with Gasteiger partial charge in [-0.25, -0.2) is 13.9 Å². The second kappa shape index (κ2) is 7.50. The molecule has 2 unspecified atom stereocenters. The van der Waals surface area contributed by atoms with Crippen LogP contribution in [0.1, 0.15) is 24.2 Å². The molecule has 1 saturated heterocycles. The third-order valence-electron chi connectivity index (χ3n) is 5.82. The monoisotopic (exact) mass is 403 g/mol. The van der Waals surface area contributed by atoms with Gasteiger partial charge >= 0.3 is 0 Å². The van der Waals surface area contributed by atoms with Gasteiger partial charge in [0.25, 0.3) is 5.56 Å². The molecule has 1 aliphatic heterocycles. The van der Waals surface area contributed by atoms with E-state index in [0.717, 1.165) is 19.6 Å². The first kappa shape index (κ1) is 18.7. The first-order chi connectivity index (χ1) is 14.6. The van der Waals surface area contributed by atoms with Gasteiger partial charge in [-0.2, -0.15) is 5.10 Å². The zero-order valence-corrected chi connectivity index (χ0v) is 16.6. The van der Waals surface area contributed by atoms with Gasteiger partial charge in [0.15, 0.2) is 11.3 Å². The Morgan fingerprint density at radius 2 is 1.87 bits per heavy atom. The number of rotatable bonds is 4. The summed E-state index contributed by atoms with van der Waals surface area (Å²) in [4.78, 5) is 22.3. The molecular formula is C23H22FN5O. The van der Waals surface area contributed by atoms with E-state index < -0.39 is 5.82 Å². The zero-order chi connectivity index (χ0) is 20.7. The highest BCUT2D eigenvalue weighted by Gasteiger charge is 2.33. The van der Waals surface area contributed by atoms with Crippen LogP contribution in [0.25, 0.3) is 16.9 Å². The fourth-order valence-electron chi connectivity index (χ4n) is 4.30. The number of fused-ring (bicyclic) bond motifs is 1. The molecule has 2 aromatic carbocycles. The van der Waals surface area contributed by atoms with E-state index in [-0.39, 0.29) is 11.5 Å². The third-order valence-corrected chi connectivity index (χ3v) is 5.82. The van der Waals surface area contributed by atoms with Gasteiger partial charge < -0.3 is 4.98 Å². The van der Waals surface area contributed by atoms with Gasteiger partial charge in [0.2, 0.25) is 0 Å². The first-order valence-corrected chi connectivity index (χ1v) is 10.1. The van der Waals surface area contributed by atoms with Crippen LogP contribution < -0.4 is 5.56 Å². The maximum Gasteiger partial charge on any atom is 0.276 e. The summed E-state index contributed by atoms with van der Waals surface area (Å²) < 4.78 is 15.8. The molecular weight excluding hydrogens is 381 g/mol. The number of imidazole rings is 1. The van der Waals surface area contributed by atoms with Gasteiger partial charge in [0, 0.05) is 25.6 Å². The molecule has 30 heavy (non-hydrogen) atoms. The Morgan fingerprint density at radius 1 is 1.10 bits per heavy atom. The number of aromatic amines is 1. The summed E-state index contributed by atoms with van der Waals surface area (Å²) in [7, 11) is 0. The highest BCUT2D eigenvalue weighted by atomic mass is 19.1. The third kappa shape index (κ3) is 3.31. The van der Waals surface area contributed by atoms with E-state index in [4.69, 9.17) is 5.10 Å². The van der Waals surface area contributed by atoms with E-state index in [9.17, 15) is 9.18 Å². The van der Waals surface area contributed by atoms with Gasteiger partial charge in [-0.05, 0) is 23.6 Å². The summed E-state index contributed by atoms with van der Waals surface area (Å²) >= 11 is 0. The molecule has 2 atom stereocenters. The predicted molar refractivity (Wildman–Crippen MR) is 113 cm³/mol. The Bertz CT molecular complexity index is 1250. The number of aromatic nitrogens is 4. The smallest absolute Gasteiger partial charge is 0.276 e. The van der Waals surface area contributed by atoms with Crippen LogP contribution in [0.4, 0.5) is 4.39 Å². The fraction of sp³-hybridized carbons (Fsp3) is 0.261. The van der Waals surface area contributed by atoms with Crippen LogP contribution in [-0.4, -0.2) is 37.6 Å². The second-order valence-electron chi connectivity index (χ2n) is 7.96. The van der Waals surface area contributed by atoms with Crippen LogP contribution in [-0.2, 0) is 6.54 Å². The lowest BCUT2D eigenvalue weighted by Gasteiger charge is -2.16. The number of halogens is 1. The van der Waals surface area contributed by atoms with Crippen molar-refractivity contribution in [2.75, 3.05) is 13.1 Å². The molecule has 3 heterocycles. The summed E-state index contributed by atoms with van der Waals surface area (Å²) in [5.41, 5.74) is 1.64. The largest absolute Gasteiger partial charge is 0.307 e. The van der Waals surface area contributed by atoms with Crippen LogP contribution in [0.5, 0.6) is 0 Å². The molecule has 1 fully saturated rings. The number of nitrogens with one attached hydrogen (secondary N) is 1. The van der Waals surface area contributed by atoms with Crippen molar-refractivity contribution >= 4 is 5.52 Å². The average molecular weight is 403 g/mol. The zero-order valence-electron chi connectivity index (χ0n) is 16.6. The van der Waals surface area contributed by atoms with Crippen LogP contribution in [0.15, 0.2) is 65.6 Å². The summed E-state index contributed by atoms with van der Waals surface area (Å²) in [6.07, 6.45) is 1.44. The van der Waals surface area contributed by atoms with E-state index in [0.29, 0.717) is 28.6 Å². The average Bonchev–Trinajstić information content (AvgIpc) is 3.33. The molecule has 0 radical (unpaired) electrons. The molecule has 5 rings (SSSR count). The number of likely N-dealkylation sites (tertiary alicyclic amines) is 1. The minimum absolute atomic E-state index is 0.0849. The molecule has 0 amide bonds. The fourth-order valence-corrected chi connectivity index (χ4v) is 4.30. The number of nitrogens with zero attached hydrogens (tertiary/aromatic N) is 4. The number of hydrogen-bond donors (Lipinski definition) is 1. The molecule has 7 heteroatoms. The quantitative estimate of drug-likeness (QED) is 0.567. The Balaban J connectivity index is 1.50. The number of hydrogen-bond acceptors (Lipinski definition) is 4. The van der Waals surface area contributed by atoms with Gasteiger partial charge in [-0.3, -0.25) is 9.69 Å². The summed E-state index contributed by atoms with van der Waals surface area (Å²) in [6.45, 7) is 4.75. The van der Waals surface area contributed by atoms with Gasteiger partial charge in [-0.15, -0.1) is 0 Å². The molecule has 0 bridgehead atoms. The van der Waals surface area contributed by atoms with E-state index in [2.05, 4.69) is 33.9 Å². The number of benzene rings is 2. The summed E-state index contributed by atoms with van der Waals surface area (Å²) in [5.74, 6) is 0.974. The Labute approximate surface area is 173 Å². The van der Waals surface area contributed by atoms with E-state index in [1.807, 2.05) is 18.2 Å². The first-order valence-electron chi connectivity index (χ1n) is 10.1. The molecule has 6 nitrogen and oxygen atoms in total. The van der Waals surface area contributed by atoms with Crippen LogP contribution in [0, 0.1) is 11.7 Å². The van der Waals surface area contributed by atoms with E-state index >= 15 is 0 Å². The van der Waals surface area contributed by atoms with Crippen LogP contribution in [0.2, 0.25) is 0 Å². The van der Waals surface area contributed by atoms with Crippen molar-refractivity contribution in [2.45, 2.75) is 19.4 Å². The minimum atomic E-state index is -0.392. The second-order valence-corrected chi connectivity index (χ2v) is 7.96. The molecule has 0 aliphatic carbocycles. The maximum atomic E-state index is 14.3. The molecule has 1 N–H and O–H groups in total. The van der Waals surface area contributed by atoms with Gasteiger partial charge in [-0.1, -0.05) is 49.4 Å². The molecule has 0 spiro atoms. The Kier molecular flexibility index (Phi) is 4.67. The normalized spacial score (nSPS) is 19.5. The van der Waals surface area contributed by atoms with Crippen molar-refractivity contribution < 1.29 is 4.39 Å².